The number of rotatable bonds is 15. The van der Waals surface area contributed by atoms with Crippen LogP contribution in [-0.4, -0.2) is 69.5 Å². The molecule has 2 amide bonds. The third-order valence-electron chi connectivity index (χ3n) is 6.28. The molecule has 0 aromatic carbocycles. The van der Waals surface area contributed by atoms with Crippen LogP contribution in [0.5, 0.6) is 11.5 Å². The molecule has 4 aromatic rings. The molecular weight excluding hydrogens is 628 g/mol. The molecule has 0 saturated heterocycles. The minimum Gasteiger partial charge on any atom is -0.495 e. The fourth-order valence-corrected chi connectivity index (χ4v) is 4.34. The fourth-order valence-electron chi connectivity index (χ4n) is 4.20. The Balaban J connectivity index is 0.000000257. The number of anilines is 5. The summed E-state index contributed by atoms with van der Waals surface area (Å²) in [6.45, 7) is 5.10. The van der Waals surface area contributed by atoms with Crippen LogP contribution in [-0.2, 0) is 12.8 Å². The Morgan fingerprint density at radius 1 is 0.745 bits per heavy atom. The number of aryl methyl sites for hydroxylation is 2. The highest BCUT2D eigenvalue weighted by molar-refractivity contribution is 6.29. The Hall–Kier alpha value is -5.35. The highest BCUT2D eigenvalue weighted by Crippen LogP contribution is 2.26. The zero-order chi connectivity index (χ0) is 34.3. The maximum absolute atomic E-state index is 11.6. The molecular formula is C30H39ClN12O4. The van der Waals surface area contributed by atoms with Crippen LogP contribution in [0.4, 0.5) is 28.8 Å². The first kappa shape index (κ1) is 36.1. The third-order valence-corrected chi connectivity index (χ3v) is 6.46. The number of nitrogens with one attached hydrogen (secondary N) is 3. The molecule has 0 aliphatic carbocycles. The zero-order valence-corrected chi connectivity index (χ0v) is 27.4. The van der Waals surface area contributed by atoms with Crippen molar-refractivity contribution in [3.8, 4) is 11.5 Å². The summed E-state index contributed by atoms with van der Waals surface area (Å²) in [6, 6.07) is 10.2. The van der Waals surface area contributed by atoms with Crippen LogP contribution >= 0.6 is 11.6 Å². The largest absolute Gasteiger partial charge is 0.495 e. The lowest BCUT2D eigenvalue weighted by atomic mass is 10.2. The Morgan fingerprint density at radius 2 is 1.23 bits per heavy atom. The van der Waals surface area contributed by atoms with Gasteiger partial charge in [0.05, 0.1) is 37.0 Å². The van der Waals surface area contributed by atoms with Gasteiger partial charge in [0, 0.05) is 25.2 Å². The van der Waals surface area contributed by atoms with E-state index in [2.05, 4.69) is 60.2 Å². The summed E-state index contributed by atoms with van der Waals surface area (Å²) in [5.74, 6) is 1.64. The van der Waals surface area contributed by atoms with Crippen molar-refractivity contribution in [1.82, 2.24) is 30.4 Å². The highest BCUT2D eigenvalue weighted by Gasteiger charge is 2.16. The molecule has 17 heteroatoms. The van der Waals surface area contributed by atoms with Gasteiger partial charge in [-0.25, -0.2) is 9.97 Å². The quantitative estimate of drug-likeness (QED) is 0.107. The molecule has 0 saturated carbocycles. The molecule has 4 rings (SSSR count). The molecule has 9 N–H and O–H groups in total. The average molecular weight is 667 g/mol. The van der Waals surface area contributed by atoms with Gasteiger partial charge in [-0.15, -0.1) is 20.4 Å². The Labute approximate surface area is 277 Å². The number of aromatic nitrogens is 6. The van der Waals surface area contributed by atoms with Crippen LogP contribution in [0.2, 0.25) is 5.15 Å². The molecule has 0 atom stereocenters. The van der Waals surface area contributed by atoms with Crippen molar-refractivity contribution >= 4 is 52.2 Å². The number of carbonyl (C=O) groups is 2. The lowest BCUT2D eigenvalue weighted by Crippen LogP contribution is -2.19. The SMILES string of the molecule is CCCc1nc(Nc2cc(Cl)nnc2C(N)=O)ccc1OC.CCCc1nc(Nc2cc(NCCN)nnc2C(N)=O)ccc1OC. The maximum Gasteiger partial charge on any atom is 0.271 e. The molecule has 47 heavy (non-hydrogen) atoms. The highest BCUT2D eigenvalue weighted by atomic mass is 35.5. The lowest BCUT2D eigenvalue weighted by molar-refractivity contribution is 0.0987. The Morgan fingerprint density at radius 3 is 1.68 bits per heavy atom. The van der Waals surface area contributed by atoms with E-state index in [1.807, 2.05) is 6.07 Å². The van der Waals surface area contributed by atoms with E-state index >= 15 is 0 Å². The van der Waals surface area contributed by atoms with Crippen molar-refractivity contribution in [3.05, 3.63) is 64.3 Å². The molecule has 16 nitrogen and oxygen atoms in total. The molecule has 0 fully saturated rings. The van der Waals surface area contributed by atoms with Gasteiger partial charge in [-0.3, -0.25) is 9.59 Å². The number of halogens is 1. The van der Waals surface area contributed by atoms with Crippen molar-refractivity contribution in [2.75, 3.05) is 43.3 Å². The smallest absolute Gasteiger partial charge is 0.271 e. The van der Waals surface area contributed by atoms with Gasteiger partial charge in [0.2, 0.25) is 0 Å². The maximum atomic E-state index is 11.6. The molecule has 0 unspecified atom stereocenters. The second-order valence-corrected chi connectivity index (χ2v) is 10.2. The summed E-state index contributed by atoms with van der Waals surface area (Å²) in [7, 11) is 3.21. The molecule has 250 valence electrons. The number of hydrogen-bond acceptors (Lipinski definition) is 14. The fraction of sp³-hybridized carbons (Fsp3) is 0.333. The van der Waals surface area contributed by atoms with Crippen LogP contribution in [0, 0.1) is 0 Å². The number of nitrogens with two attached hydrogens (primary N) is 3. The number of nitrogens with zero attached hydrogens (tertiary/aromatic N) is 6. The number of ether oxygens (including phenoxy) is 2. The number of primary amides is 2. The molecule has 0 aliphatic heterocycles. The first-order chi connectivity index (χ1) is 22.6. The van der Waals surface area contributed by atoms with Crippen molar-refractivity contribution in [2.24, 2.45) is 17.2 Å². The van der Waals surface area contributed by atoms with Gasteiger partial charge in [-0.2, -0.15) is 0 Å². The monoisotopic (exact) mass is 666 g/mol. The number of amides is 2. The van der Waals surface area contributed by atoms with Crippen LogP contribution < -0.4 is 42.6 Å². The van der Waals surface area contributed by atoms with E-state index in [0.717, 1.165) is 42.8 Å². The number of methoxy groups -OCH3 is 2. The summed E-state index contributed by atoms with van der Waals surface area (Å²) in [4.78, 5) is 32.0. The van der Waals surface area contributed by atoms with Gasteiger partial charge >= 0.3 is 0 Å². The Bertz CT molecular complexity index is 1670. The number of pyridine rings is 2. The standard InChI is InChI=1S/C16H23N7O2.C14H16ClN5O2/c1-3-4-10-12(25-2)5-6-13(20-10)21-11-9-14(19-8-7-17)22-23-15(11)16(18)24;1-3-4-8-10(22-2)5-6-12(17-8)18-9-7-11(15)19-20-13(9)14(16)21/h5-6,9H,3-4,7-8,17H2,1-2H3,(H2,18,24)(H2,19,20,21,22);5-7H,3-4H2,1-2H3,(H2,16,21)(H,17,18,19). The molecule has 0 aliphatic rings. The van der Waals surface area contributed by atoms with Gasteiger partial charge < -0.3 is 42.6 Å². The van der Waals surface area contributed by atoms with Crippen molar-refractivity contribution in [1.29, 1.82) is 0 Å². The normalized spacial score (nSPS) is 10.3. The summed E-state index contributed by atoms with van der Waals surface area (Å²) >= 11 is 5.81. The zero-order valence-electron chi connectivity index (χ0n) is 26.6. The van der Waals surface area contributed by atoms with Crippen LogP contribution in [0.3, 0.4) is 0 Å². The van der Waals surface area contributed by atoms with Gasteiger partial charge in [-0.05, 0) is 37.1 Å². The van der Waals surface area contributed by atoms with Gasteiger partial charge in [0.25, 0.3) is 11.8 Å². The van der Waals surface area contributed by atoms with E-state index in [1.165, 1.54) is 6.07 Å². The lowest BCUT2D eigenvalue weighted by Gasteiger charge is -2.13. The Kier molecular flexibility index (Phi) is 13.8. The molecule has 0 bridgehead atoms. The van der Waals surface area contributed by atoms with E-state index in [9.17, 15) is 9.59 Å². The summed E-state index contributed by atoms with van der Waals surface area (Å²) in [6.07, 6.45) is 3.42. The van der Waals surface area contributed by atoms with Crippen LogP contribution in [0.15, 0.2) is 36.4 Å². The number of hydrogen-bond donors (Lipinski definition) is 6. The predicted molar refractivity (Wildman–Crippen MR) is 180 cm³/mol. The molecule has 4 heterocycles. The van der Waals surface area contributed by atoms with Gasteiger partial charge in [0.15, 0.2) is 22.4 Å². The third kappa shape index (κ3) is 10.3. The summed E-state index contributed by atoms with van der Waals surface area (Å²) in [5, 5.41) is 24.3. The second-order valence-electron chi connectivity index (χ2n) is 9.81. The van der Waals surface area contributed by atoms with Crippen molar-refractivity contribution < 1.29 is 19.1 Å². The van der Waals surface area contributed by atoms with E-state index in [4.69, 9.17) is 38.3 Å². The topological polar surface area (TPSA) is 244 Å². The van der Waals surface area contributed by atoms with Gasteiger partial charge in [0.1, 0.15) is 23.1 Å². The molecule has 0 spiro atoms. The predicted octanol–water partition coefficient (Wildman–Crippen LogP) is 3.37. The number of carbonyl (C=O) groups excluding carboxylic acids is 2. The molecule has 4 aromatic heterocycles. The van der Waals surface area contributed by atoms with Crippen molar-refractivity contribution in [2.45, 2.75) is 39.5 Å². The van der Waals surface area contributed by atoms with Crippen LogP contribution in [0.25, 0.3) is 0 Å². The van der Waals surface area contributed by atoms with Crippen LogP contribution in [0.1, 0.15) is 59.1 Å². The van der Waals surface area contributed by atoms with E-state index < -0.39 is 11.8 Å². The molecule has 0 radical (unpaired) electrons. The van der Waals surface area contributed by atoms with Crippen molar-refractivity contribution in [3.63, 3.8) is 0 Å². The first-order valence-corrected chi connectivity index (χ1v) is 15.1. The summed E-state index contributed by atoms with van der Waals surface area (Å²) in [5.41, 5.74) is 18.6. The minimum atomic E-state index is -0.700. The second kappa shape index (κ2) is 18.0. The van der Waals surface area contributed by atoms with E-state index in [0.29, 0.717) is 47.7 Å². The minimum absolute atomic E-state index is 0.000871. The first-order valence-electron chi connectivity index (χ1n) is 14.7. The average Bonchev–Trinajstić information content (AvgIpc) is 3.04. The van der Waals surface area contributed by atoms with Gasteiger partial charge in [-0.1, -0.05) is 38.3 Å². The van der Waals surface area contributed by atoms with E-state index in [-0.39, 0.29) is 16.5 Å². The van der Waals surface area contributed by atoms with E-state index in [1.54, 1.807) is 38.5 Å². The summed E-state index contributed by atoms with van der Waals surface area (Å²) < 4.78 is 10.6.